The van der Waals surface area contributed by atoms with Crippen LogP contribution in [0.4, 0.5) is 11.4 Å². The van der Waals surface area contributed by atoms with Crippen molar-refractivity contribution >= 4 is 33.9 Å². The zero-order valence-electron chi connectivity index (χ0n) is 29.4. The standard InChI is InChI=1S/C32H59N3O7Si2/c1-13-14-15-16-18-34(8)30(36)24-20-26(35(37)38)25(33-17-19-40-43(9,10)31(2,3)4)21-27(24)41-28-22-39-23-29(28)42-44(11,12)32(5,6)7/h20-21,28-29,33H,13-19,22-23H2,1-12H3/t28-,29-/m0/s1. The topological polar surface area (TPSA) is 112 Å². The fraction of sp³-hybridized carbons (Fsp3) is 0.781. The van der Waals surface area contributed by atoms with Gasteiger partial charge in [-0.2, -0.15) is 0 Å². The molecule has 0 aromatic heterocycles. The van der Waals surface area contributed by atoms with Crippen LogP contribution in [0.3, 0.4) is 0 Å². The number of carbonyl (C=O) groups excluding carboxylic acids is 1. The number of nitro groups is 1. The van der Waals surface area contributed by atoms with Crippen molar-refractivity contribution in [2.75, 3.05) is 45.3 Å². The average molecular weight is 654 g/mol. The Morgan fingerprint density at radius 2 is 1.64 bits per heavy atom. The lowest BCUT2D eigenvalue weighted by Gasteiger charge is -2.39. The first kappa shape index (κ1) is 38.2. The van der Waals surface area contributed by atoms with Crippen LogP contribution in [0.25, 0.3) is 0 Å². The summed E-state index contributed by atoms with van der Waals surface area (Å²) in [7, 11) is -2.39. The summed E-state index contributed by atoms with van der Waals surface area (Å²) in [5.74, 6) is -0.0265. The second-order valence-electron chi connectivity index (χ2n) is 15.1. The molecule has 1 amide bonds. The largest absolute Gasteiger partial charge is 0.484 e. The van der Waals surface area contributed by atoms with Gasteiger partial charge in [0.05, 0.1) is 30.3 Å². The van der Waals surface area contributed by atoms with E-state index in [4.69, 9.17) is 18.3 Å². The first-order chi connectivity index (χ1) is 20.2. The van der Waals surface area contributed by atoms with E-state index in [1.54, 1.807) is 18.0 Å². The average Bonchev–Trinajstić information content (AvgIpc) is 3.32. The van der Waals surface area contributed by atoms with Gasteiger partial charge in [0, 0.05) is 32.3 Å². The van der Waals surface area contributed by atoms with E-state index >= 15 is 0 Å². The number of anilines is 1. The number of nitrogens with one attached hydrogen (secondary N) is 1. The summed E-state index contributed by atoms with van der Waals surface area (Å²) in [4.78, 5) is 27.1. The van der Waals surface area contributed by atoms with E-state index in [0.29, 0.717) is 32.9 Å². The van der Waals surface area contributed by atoms with Crippen LogP contribution >= 0.6 is 0 Å². The summed E-state index contributed by atoms with van der Waals surface area (Å²) in [5, 5.41) is 15.5. The quantitative estimate of drug-likeness (QED) is 0.0831. The van der Waals surface area contributed by atoms with Crippen molar-refractivity contribution in [3.05, 3.63) is 27.8 Å². The number of unbranched alkanes of at least 4 members (excludes halogenated alkanes) is 3. The van der Waals surface area contributed by atoms with Gasteiger partial charge in [-0.3, -0.25) is 14.9 Å². The molecule has 0 saturated carbocycles. The molecule has 44 heavy (non-hydrogen) atoms. The predicted molar refractivity (Wildman–Crippen MR) is 183 cm³/mol. The summed E-state index contributed by atoms with van der Waals surface area (Å²) >= 11 is 0. The maximum absolute atomic E-state index is 13.7. The van der Waals surface area contributed by atoms with Crippen molar-refractivity contribution in [2.45, 2.75) is 123 Å². The molecule has 1 saturated heterocycles. The zero-order chi connectivity index (χ0) is 33.5. The van der Waals surface area contributed by atoms with Crippen molar-refractivity contribution in [3.8, 4) is 5.75 Å². The van der Waals surface area contributed by atoms with Gasteiger partial charge in [-0.05, 0) is 42.7 Å². The number of amides is 1. The summed E-state index contributed by atoms with van der Waals surface area (Å²) in [5.41, 5.74) is 0.270. The molecule has 252 valence electrons. The molecule has 12 heteroatoms. The molecule has 2 rings (SSSR count). The maximum Gasteiger partial charge on any atom is 0.293 e. The molecule has 0 unspecified atom stereocenters. The smallest absolute Gasteiger partial charge is 0.293 e. The van der Waals surface area contributed by atoms with Crippen molar-refractivity contribution in [1.29, 1.82) is 0 Å². The minimum Gasteiger partial charge on any atom is -0.484 e. The van der Waals surface area contributed by atoms with Gasteiger partial charge < -0.3 is 28.5 Å². The van der Waals surface area contributed by atoms with Crippen LogP contribution in [-0.4, -0.2) is 84.5 Å². The third kappa shape index (κ3) is 10.3. The van der Waals surface area contributed by atoms with Crippen molar-refractivity contribution in [3.63, 3.8) is 0 Å². The third-order valence-corrected chi connectivity index (χ3v) is 18.5. The fourth-order valence-electron chi connectivity index (χ4n) is 4.37. The van der Waals surface area contributed by atoms with Crippen LogP contribution in [0, 0.1) is 10.1 Å². The molecule has 1 aliphatic rings. The van der Waals surface area contributed by atoms with E-state index < -0.39 is 27.7 Å². The number of carbonyl (C=O) groups is 1. The fourth-order valence-corrected chi connectivity index (χ4v) is 6.75. The van der Waals surface area contributed by atoms with Crippen LogP contribution in [0.2, 0.25) is 36.3 Å². The van der Waals surface area contributed by atoms with Crippen LogP contribution in [0.5, 0.6) is 5.75 Å². The highest BCUT2D eigenvalue weighted by atomic mass is 28.4. The Bertz CT molecular complexity index is 1120. The molecule has 1 aromatic carbocycles. The number of rotatable bonds is 16. The van der Waals surface area contributed by atoms with Gasteiger partial charge in [-0.1, -0.05) is 67.7 Å². The first-order valence-corrected chi connectivity index (χ1v) is 21.9. The zero-order valence-corrected chi connectivity index (χ0v) is 31.4. The van der Waals surface area contributed by atoms with E-state index in [2.05, 4.69) is 80.0 Å². The molecule has 1 heterocycles. The van der Waals surface area contributed by atoms with Crippen LogP contribution in [-0.2, 0) is 13.6 Å². The van der Waals surface area contributed by atoms with Gasteiger partial charge in [-0.15, -0.1) is 0 Å². The Morgan fingerprint density at radius 3 is 2.20 bits per heavy atom. The van der Waals surface area contributed by atoms with E-state index in [-0.39, 0.29) is 44.8 Å². The number of hydrogen-bond acceptors (Lipinski definition) is 8. The second kappa shape index (κ2) is 15.5. The molecule has 10 nitrogen and oxygen atoms in total. The van der Waals surface area contributed by atoms with Crippen LogP contribution in [0.1, 0.15) is 84.5 Å². The number of benzene rings is 1. The Hall–Kier alpha value is -2.00. The lowest BCUT2D eigenvalue weighted by Crippen LogP contribution is -2.48. The van der Waals surface area contributed by atoms with Gasteiger partial charge in [0.1, 0.15) is 23.6 Å². The highest BCUT2D eigenvalue weighted by Crippen LogP contribution is 2.40. The summed E-state index contributed by atoms with van der Waals surface area (Å²) in [6.07, 6.45) is 3.30. The Kier molecular flexibility index (Phi) is 13.5. The van der Waals surface area contributed by atoms with Crippen molar-refractivity contribution < 1.29 is 28.0 Å². The van der Waals surface area contributed by atoms with Gasteiger partial charge in [0.15, 0.2) is 16.6 Å². The number of hydrogen-bond donors (Lipinski definition) is 1. The van der Waals surface area contributed by atoms with Gasteiger partial charge in [0.2, 0.25) is 0 Å². The first-order valence-electron chi connectivity index (χ1n) is 16.1. The van der Waals surface area contributed by atoms with Crippen molar-refractivity contribution in [1.82, 2.24) is 4.90 Å². The molecule has 0 spiro atoms. The van der Waals surface area contributed by atoms with Crippen LogP contribution < -0.4 is 10.1 Å². The number of ether oxygens (including phenoxy) is 2. The van der Waals surface area contributed by atoms with Crippen LogP contribution in [0.15, 0.2) is 12.1 Å². The Labute approximate surface area is 268 Å². The third-order valence-electron chi connectivity index (χ3n) is 9.41. The molecule has 1 fully saturated rings. The molecule has 0 bridgehead atoms. The minimum absolute atomic E-state index is 0.00130. The predicted octanol–water partition coefficient (Wildman–Crippen LogP) is 7.85. The highest BCUT2D eigenvalue weighted by Gasteiger charge is 2.43. The molecular weight excluding hydrogens is 595 g/mol. The van der Waals surface area contributed by atoms with E-state index in [0.717, 1.165) is 25.7 Å². The molecule has 0 aliphatic carbocycles. The normalized spacial score (nSPS) is 17.9. The lowest BCUT2D eigenvalue weighted by atomic mass is 10.1. The van der Waals surface area contributed by atoms with E-state index in [9.17, 15) is 14.9 Å². The summed E-state index contributed by atoms with van der Waals surface area (Å²) < 4.78 is 25.2. The molecular formula is C32H59N3O7Si2. The highest BCUT2D eigenvalue weighted by molar-refractivity contribution is 6.74. The lowest BCUT2D eigenvalue weighted by molar-refractivity contribution is -0.384. The van der Waals surface area contributed by atoms with E-state index in [1.165, 1.54) is 6.07 Å². The SMILES string of the molecule is CCCCCCN(C)C(=O)c1cc([N+](=O)[O-])c(NCCO[Si](C)(C)C(C)(C)C)cc1O[C@H]1COC[C@@H]1O[Si](C)(C)C(C)(C)C. The molecule has 0 radical (unpaired) electrons. The second-order valence-corrected chi connectivity index (χ2v) is 24.6. The van der Waals surface area contributed by atoms with E-state index in [1.807, 2.05) is 0 Å². The Morgan fingerprint density at radius 1 is 1.02 bits per heavy atom. The van der Waals surface area contributed by atoms with Gasteiger partial charge in [0.25, 0.3) is 11.6 Å². The molecule has 1 aromatic rings. The maximum atomic E-state index is 13.7. The number of nitrogens with zero attached hydrogens (tertiary/aromatic N) is 2. The van der Waals surface area contributed by atoms with Gasteiger partial charge in [-0.25, -0.2) is 0 Å². The summed E-state index contributed by atoms with van der Waals surface area (Å²) in [6.45, 7) is 26.0. The number of nitro benzene ring substituents is 1. The monoisotopic (exact) mass is 653 g/mol. The molecule has 2 atom stereocenters. The minimum atomic E-state index is -2.14. The van der Waals surface area contributed by atoms with Gasteiger partial charge >= 0.3 is 0 Å². The van der Waals surface area contributed by atoms with Crippen molar-refractivity contribution in [2.24, 2.45) is 0 Å². The molecule has 1 aliphatic heterocycles. The Balaban J connectivity index is 2.42. The molecule has 1 N–H and O–H groups in total. The summed E-state index contributed by atoms with van der Waals surface area (Å²) in [6, 6.07) is 2.93.